The molecular formula is C8H9N5OS. The lowest BCUT2D eigenvalue weighted by molar-refractivity contribution is 0.271. The minimum atomic E-state index is -0.146. The Morgan fingerprint density at radius 2 is 2.27 bits per heavy atom. The molecule has 0 aromatic carbocycles. The van der Waals surface area contributed by atoms with Crippen LogP contribution in [0.5, 0.6) is 0 Å². The van der Waals surface area contributed by atoms with Gasteiger partial charge in [0.2, 0.25) is 5.16 Å². The highest BCUT2D eigenvalue weighted by molar-refractivity contribution is 7.99. The van der Waals surface area contributed by atoms with Crippen molar-refractivity contribution in [3.05, 3.63) is 23.7 Å². The maximum Gasteiger partial charge on any atom is 0.214 e. The van der Waals surface area contributed by atoms with Crippen LogP contribution >= 0.6 is 11.8 Å². The van der Waals surface area contributed by atoms with Crippen molar-refractivity contribution in [3.63, 3.8) is 0 Å². The van der Waals surface area contributed by atoms with Crippen molar-refractivity contribution in [2.45, 2.75) is 23.7 Å². The molecule has 2 heterocycles. The van der Waals surface area contributed by atoms with E-state index in [1.54, 1.807) is 0 Å². The van der Waals surface area contributed by atoms with Gasteiger partial charge in [-0.3, -0.25) is 5.10 Å². The Hall–Kier alpha value is -1.47. The molecule has 0 bridgehead atoms. The Kier molecular flexibility index (Phi) is 2.93. The number of H-pyrrole nitrogens is 1. The van der Waals surface area contributed by atoms with Gasteiger partial charge in [-0.2, -0.15) is 5.10 Å². The van der Waals surface area contributed by atoms with Gasteiger partial charge in [0, 0.05) is 0 Å². The molecule has 78 valence electrons. The van der Waals surface area contributed by atoms with E-state index in [-0.39, 0.29) is 6.61 Å². The first-order valence-electron chi connectivity index (χ1n) is 4.28. The maximum absolute atomic E-state index is 8.78. The van der Waals surface area contributed by atoms with E-state index >= 15 is 0 Å². The van der Waals surface area contributed by atoms with E-state index in [1.807, 2.05) is 19.1 Å². The van der Waals surface area contributed by atoms with Crippen LogP contribution in [0.1, 0.15) is 11.5 Å². The summed E-state index contributed by atoms with van der Waals surface area (Å²) in [6.07, 6.45) is 0. The molecule has 7 heteroatoms. The number of aromatic amines is 1. The van der Waals surface area contributed by atoms with Crippen molar-refractivity contribution in [2.75, 3.05) is 0 Å². The molecule has 0 aliphatic rings. The van der Waals surface area contributed by atoms with Crippen molar-refractivity contribution < 1.29 is 5.11 Å². The van der Waals surface area contributed by atoms with Gasteiger partial charge in [-0.1, -0.05) is 0 Å². The summed E-state index contributed by atoms with van der Waals surface area (Å²) in [6.45, 7) is 1.73. The molecule has 0 unspecified atom stereocenters. The minimum Gasteiger partial charge on any atom is -0.388 e. The molecule has 0 saturated carbocycles. The second-order valence-electron chi connectivity index (χ2n) is 2.84. The molecule has 15 heavy (non-hydrogen) atoms. The normalized spacial score (nSPS) is 10.5. The molecule has 0 aliphatic heterocycles. The molecule has 0 aliphatic carbocycles. The largest absolute Gasteiger partial charge is 0.388 e. The summed E-state index contributed by atoms with van der Waals surface area (Å²) in [4.78, 5) is 4.02. The number of hydrogen-bond acceptors (Lipinski definition) is 6. The average Bonchev–Trinajstić information content (AvgIpc) is 2.69. The summed E-state index contributed by atoms with van der Waals surface area (Å²) in [7, 11) is 0. The highest BCUT2D eigenvalue weighted by Gasteiger charge is 2.05. The van der Waals surface area contributed by atoms with E-state index in [0.29, 0.717) is 11.0 Å². The smallest absolute Gasteiger partial charge is 0.214 e. The second-order valence-corrected chi connectivity index (χ2v) is 3.83. The highest BCUT2D eigenvalue weighted by atomic mass is 32.2. The fourth-order valence-electron chi connectivity index (χ4n) is 0.929. The first-order chi connectivity index (χ1) is 7.28. The zero-order valence-corrected chi connectivity index (χ0v) is 8.82. The van der Waals surface area contributed by atoms with Crippen LogP contribution in [0, 0.1) is 6.92 Å². The molecule has 0 amide bonds. The predicted molar refractivity (Wildman–Crippen MR) is 53.2 cm³/mol. The van der Waals surface area contributed by atoms with Crippen molar-refractivity contribution in [2.24, 2.45) is 0 Å². The Labute approximate surface area is 90.2 Å². The number of aromatic nitrogens is 5. The summed E-state index contributed by atoms with van der Waals surface area (Å²) >= 11 is 1.29. The Morgan fingerprint density at radius 1 is 1.40 bits per heavy atom. The van der Waals surface area contributed by atoms with E-state index in [4.69, 9.17) is 5.11 Å². The molecule has 0 spiro atoms. The molecule has 2 rings (SSSR count). The molecule has 2 aromatic heterocycles. The standard InChI is InChI=1S/C8H9N5OS/c1-5-2-3-7(12-10-5)15-8-9-6(4-14)11-13-8/h2-3,14H,4H2,1H3,(H,9,11,13). The van der Waals surface area contributed by atoms with Gasteiger partial charge >= 0.3 is 0 Å². The van der Waals surface area contributed by atoms with Crippen molar-refractivity contribution in [3.8, 4) is 0 Å². The first-order valence-corrected chi connectivity index (χ1v) is 5.10. The monoisotopic (exact) mass is 223 g/mol. The van der Waals surface area contributed by atoms with Gasteiger partial charge in [-0.05, 0) is 30.8 Å². The van der Waals surface area contributed by atoms with Gasteiger partial charge < -0.3 is 5.11 Å². The van der Waals surface area contributed by atoms with E-state index < -0.39 is 0 Å². The Morgan fingerprint density at radius 3 is 2.87 bits per heavy atom. The number of nitrogens with one attached hydrogen (secondary N) is 1. The lowest BCUT2D eigenvalue weighted by Gasteiger charge is -1.94. The van der Waals surface area contributed by atoms with E-state index in [1.165, 1.54) is 11.8 Å². The molecule has 0 radical (unpaired) electrons. The average molecular weight is 223 g/mol. The van der Waals surface area contributed by atoms with Gasteiger partial charge in [-0.25, -0.2) is 4.98 Å². The first kappa shape index (κ1) is 10.1. The van der Waals surface area contributed by atoms with Crippen molar-refractivity contribution in [1.82, 2.24) is 25.4 Å². The van der Waals surface area contributed by atoms with Gasteiger partial charge in [0.15, 0.2) is 5.82 Å². The third kappa shape index (κ3) is 2.51. The lowest BCUT2D eigenvalue weighted by Crippen LogP contribution is -1.88. The van der Waals surface area contributed by atoms with Crippen LogP contribution in [0.4, 0.5) is 0 Å². The molecular weight excluding hydrogens is 214 g/mol. The maximum atomic E-state index is 8.78. The zero-order chi connectivity index (χ0) is 10.7. The van der Waals surface area contributed by atoms with Crippen LogP contribution in [0.25, 0.3) is 0 Å². The summed E-state index contributed by atoms with van der Waals surface area (Å²) in [5, 5.41) is 24.4. The Bertz CT molecular complexity index is 441. The topological polar surface area (TPSA) is 87.6 Å². The number of aryl methyl sites for hydroxylation is 1. The fourth-order valence-corrected chi connectivity index (χ4v) is 1.58. The fraction of sp³-hybridized carbons (Fsp3) is 0.250. The van der Waals surface area contributed by atoms with Crippen LogP contribution in [-0.2, 0) is 6.61 Å². The van der Waals surface area contributed by atoms with Crippen molar-refractivity contribution >= 4 is 11.8 Å². The zero-order valence-electron chi connectivity index (χ0n) is 8.01. The summed E-state index contributed by atoms with van der Waals surface area (Å²) in [5.74, 6) is 0.442. The summed E-state index contributed by atoms with van der Waals surface area (Å²) < 4.78 is 0. The van der Waals surface area contributed by atoms with Gasteiger partial charge in [0.05, 0.1) is 5.69 Å². The lowest BCUT2D eigenvalue weighted by atomic mass is 10.4. The number of nitrogens with zero attached hydrogens (tertiary/aromatic N) is 4. The Balaban J connectivity index is 2.11. The predicted octanol–water partition coefficient (Wildman–Crippen LogP) is 0.547. The van der Waals surface area contributed by atoms with Crippen LogP contribution < -0.4 is 0 Å². The second kappa shape index (κ2) is 4.37. The van der Waals surface area contributed by atoms with Crippen LogP contribution in [0.15, 0.2) is 22.3 Å². The highest BCUT2D eigenvalue weighted by Crippen LogP contribution is 2.21. The third-order valence-electron chi connectivity index (χ3n) is 1.63. The molecule has 0 saturated heterocycles. The third-order valence-corrected chi connectivity index (χ3v) is 2.42. The number of aliphatic hydroxyl groups is 1. The molecule has 2 aromatic rings. The SMILES string of the molecule is Cc1ccc(Sc2n[nH]c(CO)n2)nn1. The number of rotatable bonds is 3. The molecule has 2 N–H and O–H groups in total. The molecule has 0 fully saturated rings. The van der Waals surface area contributed by atoms with Gasteiger partial charge in [0.25, 0.3) is 0 Å². The van der Waals surface area contributed by atoms with Crippen LogP contribution in [0.3, 0.4) is 0 Å². The number of aliphatic hydroxyl groups excluding tert-OH is 1. The van der Waals surface area contributed by atoms with E-state index in [0.717, 1.165) is 10.7 Å². The summed E-state index contributed by atoms with van der Waals surface area (Å²) in [6, 6.07) is 3.72. The van der Waals surface area contributed by atoms with Gasteiger partial charge in [0.1, 0.15) is 11.6 Å². The molecule has 0 atom stereocenters. The quantitative estimate of drug-likeness (QED) is 0.790. The minimum absolute atomic E-state index is 0.146. The van der Waals surface area contributed by atoms with Crippen LogP contribution in [-0.4, -0.2) is 30.5 Å². The molecule has 6 nitrogen and oxygen atoms in total. The summed E-state index contributed by atoms with van der Waals surface area (Å²) in [5.41, 5.74) is 0.866. The van der Waals surface area contributed by atoms with Crippen molar-refractivity contribution in [1.29, 1.82) is 0 Å². The van der Waals surface area contributed by atoms with E-state index in [9.17, 15) is 0 Å². The van der Waals surface area contributed by atoms with Crippen LogP contribution in [0.2, 0.25) is 0 Å². The van der Waals surface area contributed by atoms with Gasteiger partial charge in [-0.15, -0.1) is 10.2 Å². The number of hydrogen-bond donors (Lipinski definition) is 2. The van der Waals surface area contributed by atoms with E-state index in [2.05, 4.69) is 25.4 Å².